The summed E-state index contributed by atoms with van der Waals surface area (Å²) in [6.45, 7) is 3.56. The molecule has 1 aromatic heterocycles. The van der Waals surface area contributed by atoms with Crippen LogP contribution in [0.5, 0.6) is 0 Å². The molecule has 1 unspecified atom stereocenters. The molecule has 2 N–H and O–H groups in total. The Balaban J connectivity index is 2.81. The largest absolute Gasteiger partial charge is 0.480 e. The lowest BCUT2D eigenvalue weighted by Crippen LogP contribution is -2.41. The highest BCUT2D eigenvalue weighted by Crippen LogP contribution is 2.25. The molecule has 1 amide bonds. The number of amides is 1. The standard InChI is InChI=1S/C12H14F3N3O3/c1-6(2)3-8(10(20)21)18-9(19)7-4-16-11(17-5-7)12(13,14)15/h4-6,8H,3H2,1-2H3,(H,18,19)(H,20,21). The van der Waals surface area contributed by atoms with E-state index in [9.17, 15) is 22.8 Å². The normalized spacial score (nSPS) is 13.0. The average molecular weight is 305 g/mol. The Morgan fingerprint density at radius 2 is 1.81 bits per heavy atom. The Hall–Kier alpha value is -2.19. The first-order valence-corrected chi connectivity index (χ1v) is 6.04. The fourth-order valence-electron chi connectivity index (χ4n) is 1.53. The molecule has 0 spiro atoms. The monoisotopic (exact) mass is 305 g/mol. The van der Waals surface area contributed by atoms with Crippen LogP contribution in [0.4, 0.5) is 13.2 Å². The van der Waals surface area contributed by atoms with Crippen LogP contribution in [0.15, 0.2) is 12.4 Å². The molecule has 1 rings (SSSR count). The zero-order valence-electron chi connectivity index (χ0n) is 11.3. The van der Waals surface area contributed by atoms with E-state index >= 15 is 0 Å². The third-order valence-electron chi connectivity index (χ3n) is 2.48. The highest BCUT2D eigenvalue weighted by atomic mass is 19.4. The average Bonchev–Trinajstić information content (AvgIpc) is 2.36. The number of rotatable bonds is 5. The summed E-state index contributed by atoms with van der Waals surface area (Å²) >= 11 is 0. The molecular formula is C12H14F3N3O3. The van der Waals surface area contributed by atoms with Gasteiger partial charge >= 0.3 is 12.1 Å². The van der Waals surface area contributed by atoms with E-state index in [-0.39, 0.29) is 17.9 Å². The minimum Gasteiger partial charge on any atom is -0.480 e. The first-order valence-electron chi connectivity index (χ1n) is 6.04. The van der Waals surface area contributed by atoms with Crippen molar-refractivity contribution in [2.24, 2.45) is 5.92 Å². The number of aliphatic carboxylic acids is 1. The maximum atomic E-state index is 12.3. The van der Waals surface area contributed by atoms with E-state index in [1.165, 1.54) is 0 Å². The van der Waals surface area contributed by atoms with E-state index in [4.69, 9.17) is 5.11 Å². The van der Waals surface area contributed by atoms with Crippen LogP contribution in [-0.4, -0.2) is 33.0 Å². The van der Waals surface area contributed by atoms with Gasteiger partial charge in [-0.15, -0.1) is 0 Å². The molecule has 9 heteroatoms. The predicted octanol–water partition coefficient (Wildman–Crippen LogP) is 1.72. The van der Waals surface area contributed by atoms with Gasteiger partial charge in [-0.2, -0.15) is 13.2 Å². The molecular weight excluding hydrogens is 291 g/mol. The molecule has 0 radical (unpaired) electrons. The van der Waals surface area contributed by atoms with Crippen LogP contribution in [0.3, 0.4) is 0 Å². The van der Waals surface area contributed by atoms with Gasteiger partial charge in [0.25, 0.3) is 5.91 Å². The predicted molar refractivity (Wildman–Crippen MR) is 65.4 cm³/mol. The molecule has 1 aromatic rings. The second-order valence-corrected chi connectivity index (χ2v) is 4.79. The van der Waals surface area contributed by atoms with E-state index < -0.39 is 29.9 Å². The zero-order chi connectivity index (χ0) is 16.2. The Bertz CT molecular complexity index is 515. The summed E-state index contributed by atoms with van der Waals surface area (Å²) in [5.41, 5.74) is -0.238. The smallest absolute Gasteiger partial charge is 0.451 e. The summed E-state index contributed by atoms with van der Waals surface area (Å²) < 4.78 is 36.8. The lowest BCUT2D eigenvalue weighted by atomic mass is 10.0. The number of carbonyl (C=O) groups excluding carboxylic acids is 1. The maximum Gasteiger partial charge on any atom is 0.451 e. The van der Waals surface area contributed by atoms with Gasteiger partial charge in [-0.3, -0.25) is 4.79 Å². The highest BCUT2D eigenvalue weighted by molar-refractivity contribution is 5.96. The lowest BCUT2D eigenvalue weighted by Gasteiger charge is -2.16. The van der Waals surface area contributed by atoms with Crippen molar-refractivity contribution in [3.63, 3.8) is 0 Å². The minimum atomic E-state index is -4.70. The number of aromatic nitrogens is 2. The van der Waals surface area contributed by atoms with Crippen LogP contribution < -0.4 is 5.32 Å². The third-order valence-corrected chi connectivity index (χ3v) is 2.48. The molecule has 1 atom stereocenters. The van der Waals surface area contributed by atoms with E-state index in [0.717, 1.165) is 0 Å². The van der Waals surface area contributed by atoms with Gasteiger partial charge < -0.3 is 10.4 Å². The Kier molecular flexibility index (Phi) is 5.23. The van der Waals surface area contributed by atoms with Gasteiger partial charge in [-0.1, -0.05) is 13.8 Å². The van der Waals surface area contributed by atoms with Crippen molar-refractivity contribution in [3.8, 4) is 0 Å². The molecule has 0 aliphatic rings. The summed E-state index contributed by atoms with van der Waals surface area (Å²) in [5, 5.41) is 11.2. The zero-order valence-corrected chi connectivity index (χ0v) is 11.3. The first kappa shape index (κ1) is 16.9. The fraction of sp³-hybridized carbons (Fsp3) is 0.500. The van der Waals surface area contributed by atoms with Crippen LogP contribution in [0.2, 0.25) is 0 Å². The van der Waals surface area contributed by atoms with Crippen molar-refractivity contribution in [2.45, 2.75) is 32.5 Å². The quantitative estimate of drug-likeness (QED) is 0.864. The van der Waals surface area contributed by atoms with E-state index in [2.05, 4.69) is 15.3 Å². The molecule has 0 bridgehead atoms. The topological polar surface area (TPSA) is 92.2 Å². The van der Waals surface area contributed by atoms with Crippen LogP contribution in [0.1, 0.15) is 36.5 Å². The van der Waals surface area contributed by atoms with Gasteiger partial charge in [0, 0.05) is 12.4 Å². The number of halogens is 3. The molecule has 0 saturated carbocycles. The second-order valence-electron chi connectivity index (χ2n) is 4.79. The Morgan fingerprint density at radius 3 is 2.19 bits per heavy atom. The van der Waals surface area contributed by atoms with E-state index in [1.54, 1.807) is 13.8 Å². The number of alkyl halides is 3. The number of carboxylic acid groups (broad SMARTS) is 1. The number of nitrogens with zero attached hydrogens (tertiary/aromatic N) is 2. The third kappa shape index (κ3) is 5.01. The van der Waals surface area contributed by atoms with Crippen LogP contribution in [-0.2, 0) is 11.0 Å². The number of nitrogens with one attached hydrogen (secondary N) is 1. The molecule has 0 saturated heterocycles. The molecule has 116 valence electrons. The summed E-state index contributed by atoms with van der Waals surface area (Å²) in [6, 6.07) is -1.13. The van der Waals surface area contributed by atoms with Gasteiger partial charge in [0.15, 0.2) is 0 Å². The summed E-state index contributed by atoms with van der Waals surface area (Å²) in [4.78, 5) is 28.8. The molecule has 1 heterocycles. The molecule has 0 aromatic carbocycles. The number of carboxylic acids is 1. The van der Waals surface area contributed by atoms with E-state index in [0.29, 0.717) is 12.4 Å². The maximum absolute atomic E-state index is 12.3. The van der Waals surface area contributed by atoms with Crippen LogP contribution in [0.25, 0.3) is 0 Å². The van der Waals surface area contributed by atoms with Gasteiger partial charge in [0.05, 0.1) is 5.56 Å². The summed E-state index contributed by atoms with van der Waals surface area (Å²) in [6.07, 6.45) is -3.09. The number of carbonyl (C=O) groups is 2. The molecule has 6 nitrogen and oxygen atoms in total. The van der Waals surface area contributed by atoms with Gasteiger partial charge in [-0.25, -0.2) is 14.8 Å². The molecule has 21 heavy (non-hydrogen) atoms. The highest BCUT2D eigenvalue weighted by Gasteiger charge is 2.34. The first-order chi connectivity index (χ1) is 9.61. The van der Waals surface area contributed by atoms with Gasteiger partial charge in [-0.05, 0) is 12.3 Å². The SMILES string of the molecule is CC(C)CC(NC(=O)c1cnc(C(F)(F)F)nc1)C(=O)O. The molecule has 0 aliphatic carbocycles. The number of hydrogen-bond donors (Lipinski definition) is 2. The van der Waals surface area contributed by atoms with Gasteiger partial charge in [0.2, 0.25) is 5.82 Å². The number of hydrogen-bond acceptors (Lipinski definition) is 4. The Labute approximate surface area is 118 Å². The van der Waals surface area contributed by atoms with Crippen molar-refractivity contribution < 1.29 is 27.9 Å². The summed E-state index contributed by atoms with van der Waals surface area (Å²) in [5.74, 6) is -3.40. The second kappa shape index (κ2) is 6.51. The lowest BCUT2D eigenvalue weighted by molar-refractivity contribution is -0.145. The van der Waals surface area contributed by atoms with Gasteiger partial charge in [0.1, 0.15) is 6.04 Å². The van der Waals surface area contributed by atoms with Crippen molar-refractivity contribution in [1.29, 1.82) is 0 Å². The molecule has 0 aliphatic heterocycles. The van der Waals surface area contributed by atoms with Crippen LogP contribution >= 0.6 is 0 Å². The van der Waals surface area contributed by atoms with E-state index in [1.807, 2.05) is 0 Å². The minimum absolute atomic E-state index is 0.0234. The Morgan fingerprint density at radius 1 is 1.29 bits per heavy atom. The fourth-order valence-corrected chi connectivity index (χ4v) is 1.53. The van der Waals surface area contributed by atoms with Crippen molar-refractivity contribution in [2.75, 3.05) is 0 Å². The van der Waals surface area contributed by atoms with Crippen molar-refractivity contribution in [1.82, 2.24) is 15.3 Å². The summed E-state index contributed by atoms with van der Waals surface area (Å²) in [7, 11) is 0. The van der Waals surface area contributed by atoms with Crippen LogP contribution in [0, 0.1) is 5.92 Å². The van der Waals surface area contributed by atoms with Crippen molar-refractivity contribution >= 4 is 11.9 Å². The van der Waals surface area contributed by atoms with Crippen molar-refractivity contribution in [3.05, 3.63) is 23.8 Å². The molecule has 0 fully saturated rings.